The average Bonchev–Trinajstić information content (AvgIpc) is 3.03. The smallest absolute Gasteiger partial charge is 0.353 e. The second kappa shape index (κ2) is 7.16. The normalized spacial score (nSPS) is 19.0. The zero-order valence-electron chi connectivity index (χ0n) is 14.7. The molecular formula is C20H17F3N2O2S. The molecule has 1 atom stereocenters. The topological polar surface area (TPSA) is 58.2 Å². The van der Waals surface area contributed by atoms with Crippen molar-refractivity contribution in [1.29, 1.82) is 0 Å². The van der Waals surface area contributed by atoms with Crippen molar-refractivity contribution in [3.63, 3.8) is 0 Å². The molecule has 4 rings (SSSR count). The lowest BCUT2D eigenvalue weighted by Gasteiger charge is -2.25. The van der Waals surface area contributed by atoms with E-state index in [0.29, 0.717) is 4.90 Å². The van der Waals surface area contributed by atoms with Crippen LogP contribution in [0.4, 0.5) is 18.9 Å². The van der Waals surface area contributed by atoms with Gasteiger partial charge in [-0.05, 0) is 42.2 Å². The molecule has 2 amide bonds. The third-order valence-electron chi connectivity index (χ3n) is 4.91. The van der Waals surface area contributed by atoms with Crippen molar-refractivity contribution in [3.8, 4) is 0 Å². The van der Waals surface area contributed by atoms with Crippen LogP contribution in [0.25, 0.3) is 0 Å². The van der Waals surface area contributed by atoms with Gasteiger partial charge in [-0.2, -0.15) is 13.2 Å². The lowest BCUT2D eigenvalue weighted by molar-refractivity contribution is -0.137. The van der Waals surface area contributed by atoms with Crippen LogP contribution in [-0.4, -0.2) is 23.1 Å². The molecule has 28 heavy (non-hydrogen) atoms. The number of thioether (sulfide) groups is 1. The molecule has 8 heteroatoms. The fraction of sp³-hybridized carbons (Fsp3) is 0.300. The quantitative estimate of drug-likeness (QED) is 0.816. The number of alkyl halides is 3. The second-order valence-corrected chi connectivity index (χ2v) is 8.19. The predicted molar refractivity (Wildman–Crippen MR) is 100 cm³/mol. The Morgan fingerprint density at radius 3 is 2.46 bits per heavy atom. The number of nitrogens with one attached hydrogen (secondary N) is 2. The minimum Gasteiger partial charge on any atom is -0.353 e. The Morgan fingerprint density at radius 1 is 1.14 bits per heavy atom. The van der Waals surface area contributed by atoms with Crippen molar-refractivity contribution in [1.82, 2.24) is 5.32 Å². The van der Waals surface area contributed by atoms with E-state index in [-0.39, 0.29) is 24.1 Å². The number of hydrogen-bond acceptors (Lipinski definition) is 3. The van der Waals surface area contributed by atoms with Gasteiger partial charge in [0.15, 0.2) is 0 Å². The Kier molecular flexibility index (Phi) is 4.82. The van der Waals surface area contributed by atoms with Crippen LogP contribution in [0, 0.1) is 0 Å². The molecule has 1 unspecified atom stereocenters. The van der Waals surface area contributed by atoms with Gasteiger partial charge < -0.3 is 10.6 Å². The van der Waals surface area contributed by atoms with Gasteiger partial charge in [0.25, 0.3) is 0 Å². The lowest BCUT2D eigenvalue weighted by Crippen LogP contribution is -2.39. The van der Waals surface area contributed by atoms with E-state index in [1.807, 2.05) is 24.3 Å². The summed E-state index contributed by atoms with van der Waals surface area (Å²) in [5.41, 5.74) is 1.75. The van der Waals surface area contributed by atoms with Crippen LogP contribution in [0.2, 0.25) is 0 Å². The van der Waals surface area contributed by atoms with Crippen molar-refractivity contribution in [2.75, 3.05) is 5.32 Å². The Labute approximate surface area is 163 Å². The maximum absolute atomic E-state index is 12.8. The highest BCUT2D eigenvalue weighted by molar-refractivity contribution is 8.01. The number of hydrogen-bond donors (Lipinski definition) is 2. The van der Waals surface area contributed by atoms with Crippen LogP contribution < -0.4 is 10.6 Å². The molecule has 1 heterocycles. The highest BCUT2D eigenvalue weighted by atomic mass is 32.2. The van der Waals surface area contributed by atoms with Gasteiger partial charge in [-0.1, -0.05) is 24.3 Å². The number of carbonyl (C=O) groups is 2. The minimum atomic E-state index is -4.47. The maximum Gasteiger partial charge on any atom is 0.416 e. The van der Waals surface area contributed by atoms with Crippen molar-refractivity contribution in [2.45, 2.75) is 41.6 Å². The summed E-state index contributed by atoms with van der Waals surface area (Å²) in [5, 5.41) is 4.79. The van der Waals surface area contributed by atoms with Crippen LogP contribution in [0.1, 0.15) is 23.1 Å². The van der Waals surface area contributed by atoms with Gasteiger partial charge in [0.1, 0.15) is 0 Å². The van der Waals surface area contributed by atoms with E-state index in [9.17, 15) is 22.8 Å². The van der Waals surface area contributed by atoms with Gasteiger partial charge in [0, 0.05) is 17.4 Å². The van der Waals surface area contributed by atoms with E-state index in [2.05, 4.69) is 10.6 Å². The maximum atomic E-state index is 12.8. The van der Waals surface area contributed by atoms with E-state index < -0.39 is 22.9 Å². The Bertz CT molecular complexity index is 920. The first-order chi connectivity index (χ1) is 13.3. The highest BCUT2D eigenvalue weighted by Gasteiger charge is 2.34. The Morgan fingerprint density at radius 2 is 1.82 bits per heavy atom. The molecular weight excluding hydrogens is 389 g/mol. The fourth-order valence-corrected chi connectivity index (χ4v) is 4.67. The molecule has 0 fully saturated rings. The van der Waals surface area contributed by atoms with Gasteiger partial charge >= 0.3 is 6.18 Å². The molecule has 2 aromatic carbocycles. The van der Waals surface area contributed by atoms with Crippen molar-refractivity contribution in [3.05, 3.63) is 59.2 Å². The zero-order chi connectivity index (χ0) is 19.9. The molecule has 0 spiro atoms. The first-order valence-electron chi connectivity index (χ1n) is 8.84. The molecule has 1 aliphatic carbocycles. The summed E-state index contributed by atoms with van der Waals surface area (Å²) < 4.78 is 38.5. The van der Waals surface area contributed by atoms with Gasteiger partial charge in [0.05, 0.1) is 16.5 Å². The fourth-order valence-electron chi connectivity index (χ4n) is 3.58. The largest absolute Gasteiger partial charge is 0.416 e. The molecule has 2 aliphatic rings. The number of rotatable bonds is 3. The molecule has 0 bridgehead atoms. The van der Waals surface area contributed by atoms with Crippen LogP contribution in [0.5, 0.6) is 0 Å². The number of amides is 2. The summed E-state index contributed by atoms with van der Waals surface area (Å²) in [5.74, 6) is -0.692. The molecule has 0 saturated carbocycles. The molecule has 2 aromatic rings. The van der Waals surface area contributed by atoms with Crippen molar-refractivity contribution in [2.24, 2.45) is 0 Å². The molecule has 0 saturated heterocycles. The standard InChI is InChI=1S/C20H17F3N2O2S/c21-20(22,23)13-5-6-16-15(9-13)25-19(27)17(28-16)10-18(26)24-14-7-11-3-1-2-4-12(11)8-14/h1-6,9,14,17H,7-8,10H2,(H,24,26)(H,25,27). The van der Waals surface area contributed by atoms with Crippen LogP contribution in [0.15, 0.2) is 47.4 Å². The molecule has 1 aliphatic heterocycles. The Balaban J connectivity index is 1.38. The summed E-state index contributed by atoms with van der Waals surface area (Å²) in [6.07, 6.45) is -2.98. The minimum absolute atomic E-state index is 0.00295. The monoisotopic (exact) mass is 406 g/mol. The summed E-state index contributed by atoms with van der Waals surface area (Å²) >= 11 is 1.12. The SMILES string of the molecule is O=C(CC1Sc2ccc(C(F)(F)F)cc2NC1=O)NC1Cc2ccccc2C1. The van der Waals surface area contributed by atoms with Gasteiger partial charge in [0.2, 0.25) is 11.8 Å². The molecule has 146 valence electrons. The highest BCUT2D eigenvalue weighted by Crippen LogP contribution is 2.40. The summed E-state index contributed by atoms with van der Waals surface area (Å²) in [7, 11) is 0. The Hall–Kier alpha value is -2.48. The van der Waals surface area contributed by atoms with E-state index >= 15 is 0 Å². The summed E-state index contributed by atoms with van der Waals surface area (Å²) in [6, 6.07) is 11.3. The lowest BCUT2D eigenvalue weighted by atomic mass is 10.1. The summed E-state index contributed by atoms with van der Waals surface area (Å²) in [4.78, 5) is 25.2. The summed E-state index contributed by atoms with van der Waals surface area (Å²) in [6.45, 7) is 0. The molecule has 0 aromatic heterocycles. The number of halogens is 3. The average molecular weight is 406 g/mol. The predicted octanol–water partition coefficient (Wildman–Crippen LogP) is 3.79. The molecule has 4 nitrogen and oxygen atoms in total. The van der Waals surface area contributed by atoms with Crippen LogP contribution in [0.3, 0.4) is 0 Å². The van der Waals surface area contributed by atoms with Crippen molar-refractivity contribution >= 4 is 29.3 Å². The van der Waals surface area contributed by atoms with E-state index in [1.54, 1.807) is 0 Å². The van der Waals surface area contributed by atoms with E-state index in [0.717, 1.165) is 36.7 Å². The van der Waals surface area contributed by atoms with Gasteiger partial charge in [-0.25, -0.2) is 0 Å². The number of fused-ring (bicyclic) bond motifs is 2. The van der Waals surface area contributed by atoms with Crippen LogP contribution >= 0.6 is 11.8 Å². The van der Waals surface area contributed by atoms with Crippen molar-refractivity contribution < 1.29 is 22.8 Å². The number of carbonyl (C=O) groups excluding carboxylic acids is 2. The van der Waals surface area contributed by atoms with Gasteiger partial charge in [-0.3, -0.25) is 9.59 Å². The first-order valence-corrected chi connectivity index (χ1v) is 9.72. The van der Waals surface area contributed by atoms with E-state index in [1.165, 1.54) is 17.2 Å². The second-order valence-electron chi connectivity index (χ2n) is 6.95. The van der Waals surface area contributed by atoms with Gasteiger partial charge in [-0.15, -0.1) is 11.8 Å². The zero-order valence-corrected chi connectivity index (χ0v) is 15.5. The number of benzene rings is 2. The van der Waals surface area contributed by atoms with E-state index in [4.69, 9.17) is 0 Å². The molecule has 2 N–H and O–H groups in total. The van der Waals surface area contributed by atoms with Crippen LogP contribution in [-0.2, 0) is 28.6 Å². The third kappa shape index (κ3) is 3.87. The first kappa shape index (κ1) is 18.9. The number of anilines is 1. The molecule has 0 radical (unpaired) electrons. The third-order valence-corrected chi connectivity index (χ3v) is 6.19.